The Morgan fingerprint density at radius 3 is 2.59 bits per heavy atom. The second-order valence-electron chi connectivity index (χ2n) is 4.29. The van der Waals surface area contributed by atoms with Crippen LogP contribution in [0.1, 0.15) is 5.76 Å². The van der Waals surface area contributed by atoms with Crippen LogP contribution >= 0.6 is 34.8 Å². The van der Waals surface area contributed by atoms with Crippen LogP contribution in [0.5, 0.6) is 5.75 Å². The molecule has 1 amide bonds. The molecule has 2 N–H and O–H groups in total. The zero-order valence-electron chi connectivity index (χ0n) is 11.4. The molecule has 0 radical (unpaired) electrons. The smallest absolute Gasteiger partial charge is 0.276 e. The first-order chi connectivity index (χ1) is 10.3. The number of hydrogen-bond donors (Lipinski definition) is 2. The largest absolute Gasteiger partial charge is 0.495 e. The minimum absolute atomic E-state index is 0.201. The van der Waals surface area contributed by atoms with E-state index in [2.05, 4.69) is 5.32 Å². The van der Waals surface area contributed by atoms with Gasteiger partial charge in [0.15, 0.2) is 0 Å². The molecule has 5 nitrogen and oxygen atoms in total. The zero-order valence-corrected chi connectivity index (χ0v) is 13.7. The Morgan fingerprint density at radius 1 is 1.32 bits per heavy atom. The number of nitrogens with one attached hydrogen (secondary N) is 1. The van der Waals surface area contributed by atoms with Crippen LogP contribution in [-0.2, 0) is 11.4 Å². The van der Waals surface area contributed by atoms with Gasteiger partial charge in [0.05, 0.1) is 12.8 Å². The van der Waals surface area contributed by atoms with Crippen molar-refractivity contribution >= 4 is 46.4 Å². The summed E-state index contributed by atoms with van der Waals surface area (Å²) in [5.41, 5.74) is 0.999. The first kappa shape index (κ1) is 17.0. The Bertz CT molecular complexity index is 679. The summed E-state index contributed by atoms with van der Waals surface area (Å²) in [4.78, 5) is 11.8. The standard InChI is InChI=1S/C14H12Cl3NO4/c1-21-12-4-2-8(11-5-3-9(7-19)22-11)6-10(12)18-13(20)14(15,16)17/h2-6,19H,7H2,1H3,(H,18,20). The molecular weight excluding hydrogens is 353 g/mol. The first-order valence-corrected chi connectivity index (χ1v) is 7.24. The summed E-state index contributed by atoms with van der Waals surface area (Å²) in [6.07, 6.45) is 0. The summed E-state index contributed by atoms with van der Waals surface area (Å²) in [6.45, 7) is -0.201. The van der Waals surface area contributed by atoms with E-state index >= 15 is 0 Å². The van der Waals surface area contributed by atoms with Crippen LogP contribution in [0, 0.1) is 0 Å². The summed E-state index contributed by atoms with van der Waals surface area (Å²) in [7, 11) is 1.46. The van der Waals surface area contributed by atoms with Gasteiger partial charge < -0.3 is 19.6 Å². The van der Waals surface area contributed by atoms with E-state index in [0.717, 1.165) is 0 Å². The van der Waals surface area contributed by atoms with Crippen LogP contribution in [0.3, 0.4) is 0 Å². The number of aliphatic hydroxyl groups excluding tert-OH is 1. The number of furan rings is 1. The van der Waals surface area contributed by atoms with Gasteiger partial charge in [0.25, 0.3) is 9.70 Å². The summed E-state index contributed by atoms with van der Waals surface area (Å²) in [5.74, 6) is 0.553. The van der Waals surface area contributed by atoms with Gasteiger partial charge in [-0.25, -0.2) is 0 Å². The summed E-state index contributed by atoms with van der Waals surface area (Å²) >= 11 is 16.6. The molecule has 8 heteroatoms. The molecule has 2 aromatic rings. The van der Waals surface area contributed by atoms with Gasteiger partial charge in [0.1, 0.15) is 23.9 Å². The number of benzene rings is 1. The normalized spacial score (nSPS) is 11.3. The van der Waals surface area contributed by atoms with Gasteiger partial charge in [-0.1, -0.05) is 34.8 Å². The monoisotopic (exact) mass is 363 g/mol. The van der Waals surface area contributed by atoms with Crippen LogP contribution in [0.4, 0.5) is 5.69 Å². The fourth-order valence-corrected chi connectivity index (χ4v) is 1.91. The van der Waals surface area contributed by atoms with Gasteiger partial charge in [-0.05, 0) is 30.3 Å². The van der Waals surface area contributed by atoms with Crippen molar-refractivity contribution in [2.24, 2.45) is 0 Å². The maximum absolute atomic E-state index is 11.8. The van der Waals surface area contributed by atoms with Crippen molar-refractivity contribution < 1.29 is 19.1 Å². The molecule has 1 aromatic heterocycles. The maximum Gasteiger partial charge on any atom is 0.276 e. The van der Waals surface area contributed by atoms with E-state index in [1.54, 1.807) is 30.3 Å². The van der Waals surface area contributed by atoms with Gasteiger partial charge in [0.2, 0.25) is 0 Å². The number of anilines is 1. The average Bonchev–Trinajstić information content (AvgIpc) is 2.95. The summed E-state index contributed by atoms with van der Waals surface area (Å²) in [5, 5.41) is 11.5. The molecule has 0 aliphatic rings. The third-order valence-electron chi connectivity index (χ3n) is 2.81. The molecule has 1 heterocycles. The van der Waals surface area contributed by atoms with Crippen LogP contribution in [-0.4, -0.2) is 21.9 Å². The maximum atomic E-state index is 11.8. The molecule has 0 fully saturated rings. The second kappa shape index (κ2) is 6.79. The van der Waals surface area contributed by atoms with Crippen molar-refractivity contribution in [3.05, 3.63) is 36.1 Å². The fraction of sp³-hybridized carbons (Fsp3) is 0.214. The van der Waals surface area contributed by atoms with E-state index in [9.17, 15) is 4.79 Å². The molecule has 0 saturated heterocycles. The van der Waals surface area contributed by atoms with Crippen LogP contribution in [0.2, 0.25) is 0 Å². The van der Waals surface area contributed by atoms with E-state index in [0.29, 0.717) is 28.5 Å². The average molecular weight is 365 g/mol. The highest BCUT2D eigenvalue weighted by Crippen LogP contribution is 2.34. The highest BCUT2D eigenvalue weighted by Gasteiger charge is 2.31. The molecule has 2 rings (SSSR count). The quantitative estimate of drug-likeness (QED) is 0.810. The number of aliphatic hydroxyl groups is 1. The van der Waals surface area contributed by atoms with E-state index in [1.165, 1.54) is 7.11 Å². The molecule has 0 aliphatic carbocycles. The molecule has 1 aromatic carbocycles. The zero-order chi connectivity index (χ0) is 16.3. The number of amides is 1. The van der Waals surface area contributed by atoms with Crippen molar-refractivity contribution in [3.8, 4) is 17.1 Å². The van der Waals surface area contributed by atoms with Gasteiger partial charge in [-0.15, -0.1) is 0 Å². The number of ether oxygens (including phenoxy) is 1. The Morgan fingerprint density at radius 2 is 2.05 bits per heavy atom. The van der Waals surface area contributed by atoms with E-state index < -0.39 is 9.70 Å². The Hall–Kier alpha value is -1.40. The SMILES string of the molecule is COc1ccc(-c2ccc(CO)o2)cc1NC(=O)C(Cl)(Cl)Cl. The number of carbonyl (C=O) groups is 1. The highest BCUT2D eigenvalue weighted by atomic mass is 35.6. The minimum atomic E-state index is -2.09. The van der Waals surface area contributed by atoms with Gasteiger partial charge in [-0.3, -0.25) is 4.79 Å². The molecular formula is C14H12Cl3NO4. The topological polar surface area (TPSA) is 71.7 Å². The van der Waals surface area contributed by atoms with E-state index in [1.807, 2.05) is 0 Å². The van der Waals surface area contributed by atoms with E-state index in [4.69, 9.17) is 49.1 Å². The number of methoxy groups -OCH3 is 1. The third-order valence-corrected chi connectivity index (χ3v) is 3.32. The van der Waals surface area contributed by atoms with Crippen LogP contribution in [0.15, 0.2) is 34.7 Å². The van der Waals surface area contributed by atoms with Crippen molar-refractivity contribution in [1.82, 2.24) is 0 Å². The molecule has 118 valence electrons. The molecule has 0 bridgehead atoms. The Kier molecular flexibility index (Phi) is 5.24. The molecule has 0 aliphatic heterocycles. The number of hydrogen-bond acceptors (Lipinski definition) is 4. The molecule has 0 spiro atoms. The predicted octanol–water partition coefficient (Wildman–Crippen LogP) is 3.76. The Labute approximate surface area is 141 Å². The number of halogens is 3. The van der Waals surface area contributed by atoms with Crippen molar-refractivity contribution in [2.75, 3.05) is 12.4 Å². The highest BCUT2D eigenvalue weighted by molar-refractivity contribution is 6.76. The lowest BCUT2D eigenvalue weighted by Crippen LogP contribution is -2.27. The second-order valence-corrected chi connectivity index (χ2v) is 6.57. The van der Waals surface area contributed by atoms with E-state index in [-0.39, 0.29) is 6.61 Å². The lowest BCUT2D eigenvalue weighted by molar-refractivity contribution is -0.115. The van der Waals surface area contributed by atoms with Crippen molar-refractivity contribution in [1.29, 1.82) is 0 Å². The van der Waals surface area contributed by atoms with Crippen molar-refractivity contribution in [2.45, 2.75) is 10.4 Å². The first-order valence-electron chi connectivity index (χ1n) is 6.11. The van der Waals surface area contributed by atoms with Crippen molar-refractivity contribution in [3.63, 3.8) is 0 Å². The van der Waals surface area contributed by atoms with Crippen LogP contribution < -0.4 is 10.1 Å². The van der Waals surface area contributed by atoms with Gasteiger partial charge >= 0.3 is 0 Å². The number of carbonyl (C=O) groups excluding carboxylic acids is 1. The van der Waals surface area contributed by atoms with Crippen LogP contribution in [0.25, 0.3) is 11.3 Å². The molecule has 22 heavy (non-hydrogen) atoms. The molecule has 0 saturated carbocycles. The predicted molar refractivity (Wildman–Crippen MR) is 85.5 cm³/mol. The molecule has 0 unspecified atom stereocenters. The summed E-state index contributed by atoms with van der Waals surface area (Å²) < 4.78 is 8.51. The lowest BCUT2D eigenvalue weighted by atomic mass is 10.1. The van der Waals surface area contributed by atoms with Gasteiger partial charge in [-0.2, -0.15) is 0 Å². The van der Waals surface area contributed by atoms with Gasteiger partial charge in [0, 0.05) is 5.56 Å². The Balaban J connectivity index is 2.35. The minimum Gasteiger partial charge on any atom is -0.495 e. The number of alkyl halides is 3. The fourth-order valence-electron chi connectivity index (χ4n) is 1.77. The molecule has 0 atom stereocenters. The lowest BCUT2D eigenvalue weighted by Gasteiger charge is -2.14. The third kappa shape index (κ3) is 3.87. The number of rotatable bonds is 4. The summed E-state index contributed by atoms with van der Waals surface area (Å²) in [6, 6.07) is 8.36.